The van der Waals surface area contributed by atoms with Crippen LogP contribution in [-0.4, -0.2) is 55.2 Å². The maximum Gasteiger partial charge on any atom is 0.243 e. The Bertz CT molecular complexity index is 1120. The number of benzene rings is 1. The maximum atomic E-state index is 12.7. The minimum Gasteiger partial charge on any atom is -0.493 e. The highest BCUT2D eigenvalue weighted by Crippen LogP contribution is 2.29. The smallest absolute Gasteiger partial charge is 0.243 e. The first kappa shape index (κ1) is 23.7. The van der Waals surface area contributed by atoms with Crippen molar-refractivity contribution in [3.05, 3.63) is 30.0 Å². The minimum atomic E-state index is -4.15. The molecule has 1 heterocycles. The van der Waals surface area contributed by atoms with Crippen LogP contribution in [0.2, 0.25) is 0 Å². The number of sulfone groups is 1. The van der Waals surface area contributed by atoms with Gasteiger partial charge in [-0.2, -0.15) is 10.4 Å². The fraction of sp³-hybridized carbons (Fsp3) is 0.368. The van der Waals surface area contributed by atoms with Crippen molar-refractivity contribution in [2.24, 2.45) is 7.05 Å². The lowest BCUT2D eigenvalue weighted by Gasteiger charge is -2.16. The number of methoxy groups -OCH3 is 2. The molecule has 1 aromatic carbocycles. The highest BCUT2D eigenvalue weighted by molar-refractivity contribution is 7.93. The summed E-state index contributed by atoms with van der Waals surface area (Å²) in [5, 5.41) is 16.3. The van der Waals surface area contributed by atoms with Crippen molar-refractivity contribution >= 4 is 33.2 Å². The molecule has 1 unspecified atom stereocenters. The van der Waals surface area contributed by atoms with Crippen molar-refractivity contribution in [1.29, 1.82) is 5.26 Å². The van der Waals surface area contributed by atoms with E-state index in [1.165, 1.54) is 51.2 Å². The summed E-state index contributed by atoms with van der Waals surface area (Å²) in [5.41, 5.74) is 0.401. The van der Waals surface area contributed by atoms with Crippen molar-refractivity contribution in [2.75, 3.05) is 30.6 Å². The fourth-order valence-corrected chi connectivity index (χ4v) is 4.39. The van der Waals surface area contributed by atoms with Crippen molar-refractivity contribution in [1.82, 2.24) is 9.78 Å². The Kier molecular flexibility index (Phi) is 7.60. The number of aromatic nitrogens is 2. The van der Waals surface area contributed by atoms with Gasteiger partial charge in [-0.3, -0.25) is 14.3 Å². The zero-order chi connectivity index (χ0) is 23.2. The Morgan fingerprint density at radius 1 is 1.23 bits per heavy atom. The molecule has 0 radical (unpaired) electrons. The molecule has 12 heteroatoms. The molecule has 1 atom stereocenters. The van der Waals surface area contributed by atoms with E-state index in [0.717, 1.165) is 0 Å². The average Bonchev–Trinajstić information content (AvgIpc) is 3.06. The van der Waals surface area contributed by atoms with Crippen LogP contribution in [0, 0.1) is 11.3 Å². The van der Waals surface area contributed by atoms with Crippen molar-refractivity contribution in [3.63, 3.8) is 0 Å². The number of aryl methyl sites for hydroxylation is 1. The topological polar surface area (TPSA) is 152 Å². The number of amides is 2. The summed E-state index contributed by atoms with van der Waals surface area (Å²) in [6, 6.07) is 6.44. The molecule has 0 bridgehead atoms. The SMILES string of the molecule is CCC(C(=O)Nc1c(C#N)cnn1C)S(=O)(=O)CC(=O)Nc1ccc(OC)c(OC)c1. The van der Waals surface area contributed by atoms with Crippen molar-refractivity contribution in [2.45, 2.75) is 18.6 Å². The van der Waals surface area contributed by atoms with E-state index in [1.54, 1.807) is 6.07 Å². The van der Waals surface area contributed by atoms with Crippen molar-refractivity contribution < 1.29 is 27.5 Å². The molecule has 1 aromatic heterocycles. The van der Waals surface area contributed by atoms with Gasteiger partial charge in [-0.15, -0.1) is 0 Å². The zero-order valence-electron chi connectivity index (χ0n) is 17.5. The average molecular weight is 449 g/mol. The molecular formula is C19H23N5O6S. The van der Waals surface area contributed by atoms with Crippen LogP contribution in [0.15, 0.2) is 24.4 Å². The summed E-state index contributed by atoms with van der Waals surface area (Å²) < 4.78 is 37.0. The number of ether oxygens (including phenoxy) is 2. The Labute approximate surface area is 179 Å². The van der Waals surface area contributed by atoms with Crippen LogP contribution >= 0.6 is 0 Å². The number of rotatable bonds is 9. The number of anilines is 2. The van der Waals surface area contributed by atoms with Crippen LogP contribution in [0.4, 0.5) is 11.5 Å². The van der Waals surface area contributed by atoms with Gasteiger partial charge < -0.3 is 20.1 Å². The molecule has 11 nitrogen and oxygen atoms in total. The van der Waals surface area contributed by atoms with Gasteiger partial charge in [0.1, 0.15) is 28.5 Å². The first-order valence-electron chi connectivity index (χ1n) is 9.13. The second kappa shape index (κ2) is 9.94. The lowest BCUT2D eigenvalue weighted by molar-refractivity contribution is -0.115. The Morgan fingerprint density at radius 3 is 2.48 bits per heavy atom. The van der Waals surface area contributed by atoms with E-state index in [2.05, 4.69) is 15.7 Å². The number of nitrogens with one attached hydrogen (secondary N) is 2. The third-order valence-corrected chi connectivity index (χ3v) is 6.48. The molecule has 2 N–H and O–H groups in total. The van der Waals surface area contributed by atoms with Gasteiger partial charge in [-0.1, -0.05) is 6.92 Å². The van der Waals surface area contributed by atoms with Gasteiger partial charge in [0.25, 0.3) is 0 Å². The number of nitriles is 1. The Hall–Kier alpha value is -3.59. The molecule has 2 amide bonds. The molecule has 0 saturated carbocycles. The van der Waals surface area contributed by atoms with Crippen LogP contribution in [0.3, 0.4) is 0 Å². The Balaban J connectivity index is 2.13. The predicted octanol–water partition coefficient (Wildman–Crippen LogP) is 1.08. The normalized spacial score (nSPS) is 11.8. The van der Waals surface area contributed by atoms with Crippen LogP contribution < -0.4 is 20.1 Å². The van der Waals surface area contributed by atoms with Gasteiger partial charge in [0.05, 0.1) is 20.4 Å². The van der Waals surface area contributed by atoms with E-state index in [9.17, 15) is 18.0 Å². The Morgan fingerprint density at radius 2 is 1.90 bits per heavy atom. The van der Waals surface area contributed by atoms with Gasteiger partial charge in [0.2, 0.25) is 11.8 Å². The first-order valence-corrected chi connectivity index (χ1v) is 10.8. The van der Waals surface area contributed by atoms with E-state index < -0.39 is 32.7 Å². The zero-order valence-corrected chi connectivity index (χ0v) is 18.3. The number of carbonyl (C=O) groups excluding carboxylic acids is 2. The predicted molar refractivity (Wildman–Crippen MR) is 113 cm³/mol. The molecular weight excluding hydrogens is 426 g/mol. The summed E-state index contributed by atoms with van der Waals surface area (Å²) in [6.07, 6.45) is 1.19. The summed E-state index contributed by atoms with van der Waals surface area (Å²) in [5.74, 6) is -1.67. The highest BCUT2D eigenvalue weighted by Gasteiger charge is 2.33. The molecule has 2 rings (SSSR count). The van der Waals surface area contributed by atoms with Crippen LogP contribution in [0.1, 0.15) is 18.9 Å². The quantitative estimate of drug-likeness (QED) is 0.577. The van der Waals surface area contributed by atoms with Crippen molar-refractivity contribution in [3.8, 4) is 17.6 Å². The van der Waals surface area contributed by atoms with Gasteiger partial charge in [0.15, 0.2) is 21.3 Å². The maximum absolute atomic E-state index is 12.7. The van der Waals surface area contributed by atoms with E-state index in [-0.39, 0.29) is 17.8 Å². The third-order valence-electron chi connectivity index (χ3n) is 4.40. The molecule has 2 aromatic rings. The summed E-state index contributed by atoms with van der Waals surface area (Å²) in [4.78, 5) is 24.9. The molecule has 0 aliphatic rings. The number of nitrogens with zero attached hydrogens (tertiary/aromatic N) is 3. The monoisotopic (exact) mass is 449 g/mol. The second-order valence-electron chi connectivity index (χ2n) is 6.45. The molecule has 0 aliphatic heterocycles. The highest BCUT2D eigenvalue weighted by atomic mass is 32.2. The van der Waals surface area contributed by atoms with Crippen LogP contribution in [-0.2, 0) is 26.5 Å². The third kappa shape index (κ3) is 5.52. The van der Waals surface area contributed by atoms with E-state index in [4.69, 9.17) is 14.7 Å². The number of hydrogen-bond acceptors (Lipinski definition) is 8. The summed E-state index contributed by atoms with van der Waals surface area (Å²) >= 11 is 0. The molecule has 166 valence electrons. The van der Waals surface area contributed by atoms with Gasteiger partial charge >= 0.3 is 0 Å². The lowest BCUT2D eigenvalue weighted by atomic mass is 10.2. The van der Waals surface area contributed by atoms with Crippen LogP contribution in [0.5, 0.6) is 11.5 Å². The first-order chi connectivity index (χ1) is 14.7. The molecule has 0 spiro atoms. The van der Waals surface area contributed by atoms with Gasteiger partial charge in [-0.25, -0.2) is 8.42 Å². The minimum absolute atomic E-state index is 0.0580. The molecule has 0 saturated heterocycles. The molecule has 0 fully saturated rings. The molecule has 0 aliphatic carbocycles. The van der Waals surface area contributed by atoms with E-state index in [1.807, 2.05) is 6.07 Å². The van der Waals surface area contributed by atoms with E-state index >= 15 is 0 Å². The van der Waals surface area contributed by atoms with Gasteiger partial charge in [0, 0.05) is 18.8 Å². The van der Waals surface area contributed by atoms with Crippen LogP contribution in [0.25, 0.3) is 0 Å². The fourth-order valence-electron chi connectivity index (χ4n) is 2.86. The number of carbonyl (C=O) groups is 2. The second-order valence-corrected chi connectivity index (χ2v) is 8.64. The summed E-state index contributed by atoms with van der Waals surface area (Å²) in [6.45, 7) is 1.52. The largest absolute Gasteiger partial charge is 0.493 e. The molecule has 31 heavy (non-hydrogen) atoms. The van der Waals surface area contributed by atoms with Gasteiger partial charge in [-0.05, 0) is 18.6 Å². The number of hydrogen-bond donors (Lipinski definition) is 2. The lowest BCUT2D eigenvalue weighted by Crippen LogP contribution is -2.39. The summed E-state index contributed by atoms with van der Waals surface area (Å²) in [7, 11) is 0.246. The van der Waals surface area contributed by atoms with E-state index in [0.29, 0.717) is 17.2 Å². The standard InChI is InChI=1S/C19H23N5O6S/c1-5-16(19(26)23-18-12(9-20)10-21-24(18)2)31(27,28)11-17(25)22-13-6-7-14(29-3)15(8-13)30-4/h6-8,10,16H,5,11H2,1-4H3,(H,22,25)(H,23,26).